The van der Waals surface area contributed by atoms with Gasteiger partial charge in [-0.1, -0.05) is 6.07 Å². The molecule has 4 rings (SSSR count). The molecule has 2 aromatic heterocycles. The Kier molecular flexibility index (Phi) is 3.38. The van der Waals surface area contributed by atoms with Crippen molar-refractivity contribution < 1.29 is 14.3 Å². The van der Waals surface area contributed by atoms with Gasteiger partial charge >= 0.3 is 0 Å². The van der Waals surface area contributed by atoms with Crippen LogP contribution in [0.15, 0.2) is 30.5 Å². The molecule has 0 fully saturated rings. The van der Waals surface area contributed by atoms with E-state index >= 15 is 0 Å². The highest BCUT2D eigenvalue weighted by Crippen LogP contribution is 2.33. The van der Waals surface area contributed by atoms with E-state index in [1.54, 1.807) is 37.4 Å². The number of carbonyl (C=O) groups is 2. The maximum Gasteiger partial charge on any atom is 0.265 e. The van der Waals surface area contributed by atoms with Gasteiger partial charge in [-0.05, 0) is 32.0 Å². The number of fused-ring (bicyclic) bond motifs is 2. The Morgan fingerprint density at radius 1 is 1.36 bits per heavy atom. The number of rotatable bonds is 2. The number of para-hydroxylation sites is 1. The zero-order valence-corrected chi connectivity index (χ0v) is 13.6. The first-order valence-electron chi connectivity index (χ1n) is 7.75. The van der Waals surface area contributed by atoms with E-state index in [0.717, 1.165) is 11.1 Å². The van der Waals surface area contributed by atoms with Crippen LogP contribution in [0.4, 0.5) is 11.4 Å². The summed E-state index contributed by atoms with van der Waals surface area (Å²) in [5.74, 6) is -0.224. The molecule has 0 aliphatic carbocycles. The molecule has 0 radical (unpaired) electrons. The normalized spacial score (nSPS) is 16.1. The van der Waals surface area contributed by atoms with Crippen molar-refractivity contribution in [3.63, 3.8) is 0 Å². The average Bonchev–Trinajstić information content (AvgIpc) is 2.96. The van der Waals surface area contributed by atoms with Gasteiger partial charge in [0.1, 0.15) is 0 Å². The van der Waals surface area contributed by atoms with Crippen LogP contribution in [0.25, 0.3) is 11.0 Å². The number of benzene rings is 1. The number of amides is 2. The third kappa shape index (κ3) is 2.57. The van der Waals surface area contributed by atoms with Gasteiger partial charge in [-0.15, -0.1) is 0 Å². The van der Waals surface area contributed by atoms with Crippen molar-refractivity contribution in [2.45, 2.75) is 20.0 Å². The molecule has 2 amide bonds. The zero-order valence-electron chi connectivity index (χ0n) is 13.6. The average molecular weight is 337 g/mol. The van der Waals surface area contributed by atoms with E-state index < -0.39 is 6.10 Å². The standard InChI is InChI=1S/C17H15N5O3/c1-8-12-6-10(7-18-15(12)22-21-8)19-17(24)11-4-3-5-13-14(11)25-9(2)16(23)20-13/h3-7,9H,1-2H3,(H,19,24)(H,20,23)(H,18,21,22)/t9-/m1/s1. The van der Waals surface area contributed by atoms with Gasteiger partial charge in [0.2, 0.25) is 0 Å². The van der Waals surface area contributed by atoms with Gasteiger partial charge in [0, 0.05) is 11.1 Å². The van der Waals surface area contributed by atoms with Crippen LogP contribution in [-0.4, -0.2) is 33.1 Å². The molecule has 0 unspecified atom stereocenters. The number of nitrogens with zero attached hydrogens (tertiary/aromatic N) is 2. The topological polar surface area (TPSA) is 109 Å². The molecular weight excluding hydrogens is 322 g/mol. The second-order valence-electron chi connectivity index (χ2n) is 5.83. The highest BCUT2D eigenvalue weighted by Gasteiger charge is 2.27. The molecule has 3 heterocycles. The predicted octanol–water partition coefficient (Wildman–Crippen LogP) is 2.24. The minimum atomic E-state index is -0.659. The zero-order chi connectivity index (χ0) is 17.6. The van der Waals surface area contributed by atoms with Crippen LogP contribution in [0.1, 0.15) is 23.0 Å². The molecule has 0 bridgehead atoms. The first-order chi connectivity index (χ1) is 12.0. The Hall–Kier alpha value is -3.42. The molecular formula is C17H15N5O3. The summed E-state index contributed by atoms with van der Waals surface area (Å²) < 4.78 is 5.61. The number of H-pyrrole nitrogens is 1. The van der Waals surface area contributed by atoms with Gasteiger partial charge < -0.3 is 15.4 Å². The van der Waals surface area contributed by atoms with Crippen molar-refractivity contribution in [2.75, 3.05) is 10.6 Å². The highest BCUT2D eigenvalue weighted by atomic mass is 16.5. The molecule has 3 aromatic rings. The molecule has 0 saturated heterocycles. The van der Waals surface area contributed by atoms with Crippen molar-refractivity contribution in [2.24, 2.45) is 0 Å². The molecule has 1 atom stereocenters. The third-order valence-corrected chi connectivity index (χ3v) is 4.04. The summed E-state index contributed by atoms with van der Waals surface area (Å²) in [5.41, 5.74) is 2.83. The summed E-state index contributed by atoms with van der Waals surface area (Å²) in [5, 5.41) is 13.3. The molecule has 8 nitrogen and oxygen atoms in total. The van der Waals surface area contributed by atoms with E-state index in [1.807, 2.05) is 6.92 Å². The highest BCUT2D eigenvalue weighted by molar-refractivity contribution is 6.09. The minimum Gasteiger partial charge on any atom is -0.478 e. The first kappa shape index (κ1) is 15.1. The van der Waals surface area contributed by atoms with Crippen LogP contribution in [0, 0.1) is 6.92 Å². The number of aryl methyl sites for hydroxylation is 1. The Labute approximate surface area is 142 Å². The lowest BCUT2D eigenvalue weighted by Gasteiger charge is -2.25. The number of nitrogens with one attached hydrogen (secondary N) is 3. The van der Waals surface area contributed by atoms with E-state index in [-0.39, 0.29) is 11.8 Å². The number of hydrogen-bond donors (Lipinski definition) is 3. The summed E-state index contributed by atoms with van der Waals surface area (Å²) in [7, 11) is 0. The first-order valence-corrected chi connectivity index (χ1v) is 7.75. The molecule has 0 spiro atoms. The molecule has 1 aliphatic rings. The molecule has 1 aromatic carbocycles. The summed E-state index contributed by atoms with van der Waals surface area (Å²) in [6.07, 6.45) is 0.884. The summed E-state index contributed by atoms with van der Waals surface area (Å²) >= 11 is 0. The molecule has 1 aliphatic heterocycles. The summed E-state index contributed by atoms with van der Waals surface area (Å²) in [6, 6.07) is 6.83. The lowest BCUT2D eigenvalue weighted by molar-refractivity contribution is -0.122. The monoisotopic (exact) mass is 337 g/mol. The van der Waals surface area contributed by atoms with Crippen molar-refractivity contribution >= 4 is 34.2 Å². The van der Waals surface area contributed by atoms with Crippen LogP contribution < -0.4 is 15.4 Å². The second-order valence-corrected chi connectivity index (χ2v) is 5.83. The third-order valence-electron chi connectivity index (χ3n) is 4.04. The Morgan fingerprint density at radius 2 is 2.20 bits per heavy atom. The van der Waals surface area contributed by atoms with Gasteiger partial charge in [-0.3, -0.25) is 14.7 Å². The van der Waals surface area contributed by atoms with Gasteiger partial charge in [0.25, 0.3) is 11.8 Å². The predicted molar refractivity (Wildman–Crippen MR) is 91.7 cm³/mol. The van der Waals surface area contributed by atoms with E-state index in [9.17, 15) is 9.59 Å². The quantitative estimate of drug-likeness (QED) is 0.664. The molecule has 0 saturated carbocycles. The van der Waals surface area contributed by atoms with Gasteiger partial charge in [0.05, 0.1) is 23.1 Å². The number of pyridine rings is 1. The molecule has 25 heavy (non-hydrogen) atoms. The SMILES string of the molecule is Cc1[nH]nc2ncc(NC(=O)c3cccc4c3O[C@H](C)C(=O)N4)cc12. The van der Waals surface area contributed by atoms with E-state index in [0.29, 0.717) is 28.3 Å². The van der Waals surface area contributed by atoms with Crippen LogP contribution in [0.2, 0.25) is 0 Å². The number of aromatic amines is 1. The number of carbonyl (C=O) groups excluding carboxylic acids is 2. The van der Waals surface area contributed by atoms with Crippen LogP contribution in [0.3, 0.4) is 0 Å². The van der Waals surface area contributed by atoms with Gasteiger partial charge in [0.15, 0.2) is 17.5 Å². The van der Waals surface area contributed by atoms with Crippen molar-refractivity contribution in [3.05, 3.63) is 41.7 Å². The number of anilines is 2. The maximum atomic E-state index is 12.7. The van der Waals surface area contributed by atoms with Gasteiger partial charge in [-0.2, -0.15) is 5.10 Å². The molecule has 3 N–H and O–H groups in total. The fraction of sp³-hybridized carbons (Fsp3) is 0.176. The van der Waals surface area contributed by atoms with Crippen LogP contribution in [-0.2, 0) is 4.79 Å². The Balaban J connectivity index is 1.66. The van der Waals surface area contributed by atoms with Crippen molar-refractivity contribution in [1.82, 2.24) is 15.2 Å². The second kappa shape index (κ2) is 5.59. The number of hydrogen-bond acceptors (Lipinski definition) is 5. The van der Waals surface area contributed by atoms with E-state index in [2.05, 4.69) is 25.8 Å². The van der Waals surface area contributed by atoms with Gasteiger partial charge in [-0.25, -0.2) is 4.98 Å². The van der Waals surface area contributed by atoms with E-state index in [4.69, 9.17) is 4.74 Å². The Bertz CT molecular complexity index is 1010. The lowest BCUT2D eigenvalue weighted by Crippen LogP contribution is -2.35. The fourth-order valence-electron chi connectivity index (χ4n) is 2.69. The summed E-state index contributed by atoms with van der Waals surface area (Å²) in [6.45, 7) is 3.51. The number of ether oxygens (including phenoxy) is 1. The maximum absolute atomic E-state index is 12.7. The van der Waals surface area contributed by atoms with Crippen LogP contribution in [0.5, 0.6) is 5.75 Å². The number of aromatic nitrogens is 3. The smallest absolute Gasteiger partial charge is 0.265 e. The molecule has 8 heteroatoms. The Morgan fingerprint density at radius 3 is 3.04 bits per heavy atom. The fourth-order valence-corrected chi connectivity index (χ4v) is 2.69. The summed E-state index contributed by atoms with van der Waals surface area (Å²) in [4.78, 5) is 28.6. The van der Waals surface area contributed by atoms with Crippen molar-refractivity contribution in [1.29, 1.82) is 0 Å². The van der Waals surface area contributed by atoms with Crippen molar-refractivity contribution in [3.8, 4) is 5.75 Å². The van der Waals surface area contributed by atoms with E-state index in [1.165, 1.54) is 0 Å². The minimum absolute atomic E-state index is 0.241. The van der Waals surface area contributed by atoms with Crippen LogP contribution >= 0.6 is 0 Å². The molecule has 126 valence electrons. The largest absolute Gasteiger partial charge is 0.478 e. The lowest BCUT2D eigenvalue weighted by atomic mass is 10.1.